The molecule has 0 spiro atoms. The van der Waals surface area contributed by atoms with Crippen molar-refractivity contribution >= 4 is 23.2 Å². The van der Waals surface area contributed by atoms with E-state index in [1.54, 1.807) is 60.7 Å². The van der Waals surface area contributed by atoms with Gasteiger partial charge in [0, 0.05) is 0 Å². The van der Waals surface area contributed by atoms with E-state index in [0.29, 0.717) is 11.4 Å². The van der Waals surface area contributed by atoms with Crippen molar-refractivity contribution in [1.29, 1.82) is 0 Å². The van der Waals surface area contributed by atoms with Gasteiger partial charge in [-0.1, -0.05) is 30.3 Å². The van der Waals surface area contributed by atoms with Gasteiger partial charge in [-0.2, -0.15) is 0 Å². The number of para-hydroxylation sites is 1. The lowest BCUT2D eigenvalue weighted by atomic mass is 9.90. The first-order chi connectivity index (χ1) is 15.1. The van der Waals surface area contributed by atoms with Gasteiger partial charge >= 0.3 is 0 Å². The van der Waals surface area contributed by atoms with Crippen LogP contribution in [0.1, 0.15) is 11.6 Å². The average Bonchev–Trinajstić information content (AvgIpc) is 3.31. The van der Waals surface area contributed by atoms with Crippen molar-refractivity contribution in [3.8, 4) is 11.5 Å². The molecule has 0 bridgehead atoms. The van der Waals surface area contributed by atoms with Crippen molar-refractivity contribution < 1.29 is 24.3 Å². The number of fused-ring (bicyclic) bond motifs is 1. The van der Waals surface area contributed by atoms with E-state index in [-0.39, 0.29) is 11.7 Å². The lowest BCUT2D eigenvalue weighted by Crippen LogP contribution is -2.37. The quantitative estimate of drug-likeness (QED) is 0.657. The highest BCUT2D eigenvalue weighted by Gasteiger charge is 2.60. The van der Waals surface area contributed by atoms with E-state index in [0.717, 1.165) is 11.3 Å². The van der Waals surface area contributed by atoms with Crippen LogP contribution in [0.4, 0.5) is 11.4 Å². The van der Waals surface area contributed by atoms with Crippen LogP contribution in [0.2, 0.25) is 0 Å². The van der Waals surface area contributed by atoms with E-state index >= 15 is 0 Å². The highest BCUT2D eigenvalue weighted by Crippen LogP contribution is 2.47. The predicted molar refractivity (Wildman–Crippen MR) is 114 cm³/mol. The van der Waals surface area contributed by atoms with Crippen LogP contribution in [0.15, 0.2) is 78.9 Å². The maximum Gasteiger partial charge on any atom is 0.266 e. The summed E-state index contributed by atoms with van der Waals surface area (Å²) in [5, 5.41) is 11.3. The molecule has 3 aromatic carbocycles. The molecule has 31 heavy (non-hydrogen) atoms. The van der Waals surface area contributed by atoms with E-state index in [9.17, 15) is 14.7 Å². The van der Waals surface area contributed by atoms with Crippen LogP contribution in [0.3, 0.4) is 0 Å². The second kappa shape index (κ2) is 7.45. The SMILES string of the molecule is COc1ccc(N2C(=O)[C@H]3[C@@H](c4ccc(O)cc4)N(c4ccccc4)O[C@H]3C2=O)cc1. The minimum absolute atomic E-state index is 0.124. The lowest BCUT2D eigenvalue weighted by molar-refractivity contribution is -0.126. The van der Waals surface area contributed by atoms with Crippen molar-refractivity contribution in [2.24, 2.45) is 5.92 Å². The molecule has 0 radical (unpaired) electrons. The number of phenolic OH excluding ortho intramolecular Hbond substituents is 1. The summed E-state index contributed by atoms with van der Waals surface area (Å²) < 4.78 is 5.17. The van der Waals surface area contributed by atoms with Gasteiger partial charge in [-0.3, -0.25) is 14.4 Å². The van der Waals surface area contributed by atoms with E-state index in [1.165, 1.54) is 4.90 Å². The monoisotopic (exact) mass is 416 g/mol. The Morgan fingerprint density at radius 3 is 2.16 bits per heavy atom. The molecule has 0 saturated carbocycles. The molecule has 5 rings (SSSR count). The third-order valence-corrected chi connectivity index (χ3v) is 5.69. The predicted octanol–water partition coefficient (Wildman–Crippen LogP) is 3.45. The Labute approximate surface area is 179 Å². The maximum atomic E-state index is 13.5. The first kappa shape index (κ1) is 19.1. The Morgan fingerprint density at radius 2 is 1.52 bits per heavy atom. The fourth-order valence-corrected chi connectivity index (χ4v) is 4.21. The van der Waals surface area contributed by atoms with Gasteiger partial charge < -0.3 is 9.84 Å². The van der Waals surface area contributed by atoms with E-state index in [1.807, 2.05) is 30.3 Å². The number of ether oxygens (including phenoxy) is 1. The molecule has 1 N–H and O–H groups in total. The normalized spacial score (nSPS) is 22.7. The fraction of sp³-hybridized carbons (Fsp3) is 0.167. The molecule has 2 heterocycles. The van der Waals surface area contributed by atoms with Gasteiger partial charge in [0.1, 0.15) is 17.4 Å². The molecule has 2 saturated heterocycles. The number of phenols is 1. The molecule has 2 fully saturated rings. The Bertz CT molecular complexity index is 1110. The standard InChI is InChI=1S/C24H20N2O5/c1-30-19-13-9-16(10-14-19)25-23(28)20-21(15-7-11-18(27)12-8-15)26(31-22(20)24(25)29)17-5-3-2-4-6-17/h2-14,20-22,27H,1H3/t20-,21+,22+/m0/s1. The maximum absolute atomic E-state index is 13.5. The van der Waals surface area contributed by atoms with Crippen molar-refractivity contribution in [1.82, 2.24) is 0 Å². The third kappa shape index (κ3) is 3.10. The van der Waals surface area contributed by atoms with Gasteiger partial charge in [0.05, 0.1) is 24.5 Å². The molecule has 3 atom stereocenters. The lowest BCUT2D eigenvalue weighted by Gasteiger charge is -2.28. The number of carbonyl (C=O) groups is 2. The topological polar surface area (TPSA) is 79.3 Å². The largest absolute Gasteiger partial charge is 0.508 e. The molecule has 0 unspecified atom stereocenters. The zero-order valence-corrected chi connectivity index (χ0v) is 16.7. The van der Waals surface area contributed by atoms with Gasteiger partial charge in [0.2, 0.25) is 5.91 Å². The molecule has 3 aromatic rings. The molecule has 2 aliphatic rings. The second-order valence-corrected chi connectivity index (χ2v) is 7.46. The molecule has 156 valence electrons. The Balaban J connectivity index is 1.56. The fourth-order valence-electron chi connectivity index (χ4n) is 4.21. The van der Waals surface area contributed by atoms with Gasteiger partial charge in [-0.05, 0) is 54.1 Å². The first-order valence-electron chi connectivity index (χ1n) is 9.90. The van der Waals surface area contributed by atoms with Crippen LogP contribution in [0, 0.1) is 5.92 Å². The second-order valence-electron chi connectivity index (χ2n) is 7.46. The molecule has 2 aliphatic heterocycles. The molecule has 0 aromatic heterocycles. The number of rotatable bonds is 4. The summed E-state index contributed by atoms with van der Waals surface area (Å²) in [6, 6.07) is 22.2. The van der Waals surface area contributed by atoms with Crippen molar-refractivity contribution in [2.45, 2.75) is 12.1 Å². The molecular weight excluding hydrogens is 396 g/mol. The number of hydrogen-bond acceptors (Lipinski definition) is 6. The molecule has 7 heteroatoms. The number of hydrogen-bond donors (Lipinski definition) is 1. The van der Waals surface area contributed by atoms with Crippen LogP contribution in [0.5, 0.6) is 11.5 Å². The number of methoxy groups -OCH3 is 1. The third-order valence-electron chi connectivity index (χ3n) is 5.69. The highest BCUT2D eigenvalue weighted by molar-refractivity contribution is 6.23. The van der Waals surface area contributed by atoms with Crippen LogP contribution < -0.4 is 14.7 Å². The Kier molecular flexibility index (Phi) is 4.60. The summed E-state index contributed by atoms with van der Waals surface area (Å²) in [5.41, 5.74) is 1.99. The van der Waals surface area contributed by atoms with Gasteiger partial charge in [-0.15, -0.1) is 0 Å². The zero-order chi connectivity index (χ0) is 21.5. The number of amides is 2. The molecule has 2 amide bonds. The van der Waals surface area contributed by atoms with Gasteiger partial charge in [0.15, 0.2) is 6.10 Å². The summed E-state index contributed by atoms with van der Waals surface area (Å²) >= 11 is 0. The van der Waals surface area contributed by atoms with Crippen LogP contribution in [-0.2, 0) is 14.4 Å². The summed E-state index contributed by atoms with van der Waals surface area (Å²) in [7, 11) is 1.56. The molecule has 0 aliphatic carbocycles. The Hall–Kier alpha value is -3.84. The summed E-state index contributed by atoms with van der Waals surface area (Å²) in [5.74, 6) is -0.686. The first-order valence-corrected chi connectivity index (χ1v) is 9.90. The number of carbonyl (C=O) groups excluding carboxylic acids is 2. The Morgan fingerprint density at radius 1 is 0.839 bits per heavy atom. The summed E-state index contributed by atoms with van der Waals surface area (Å²) in [6.07, 6.45) is -0.936. The van der Waals surface area contributed by atoms with Gasteiger partial charge in [0.25, 0.3) is 5.91 Å². The van der Waals surface area contributed by atoms with Crippen molar-refractivity contribution in [2.75, 3.05) is 17.1 Å². The average molecular weight is 416 g/mol. The highest BCUT2D eigenvalue weighted by atomic mass is 16.7. The number of imide groups is 1. The number of benzene rings is 3. The summed E-state index contributed by atoms with van der Waals surface area (Å²) in [6.45, 7) is 0. The minimum atomic E-state index is -0.936. The van der Waals surface area contributed by atoms with Crippen molar-refractivity contribution in [3.63, 3.8) is 0 Å². The smallest absolute Gasteiger partial charge is 0.266 e. The summed E-state index contributed by atoms with van der Waals surface area (Å²) in [4.78, 5) is 34.0. The number of anilines is 2. The molecule has 7 nitrogen and oxygen atoms in total. The molecular formula is C24H20N2O5. The van der Waals surface area contributed by atoms with E-state index in [4.69, 9.17) is 9.57 Å². The van der Waals surface area contributed by atoms with Crippen molar-refractivity contribution in [3.05, 3.63) is 84.4 Å². The minimum Gasteiger partial charge on any atom is -0.508 e. The van der Waals surface area contributed by atoms with E-state index in [2.05, 4.69) is 0 Å². The zero-order valence-electron chi connectivity index (χ0n) is 16.7. The van der Waals surface area contributed by atoms with E-state index < -0.39 is 24.0 Å². The van der Waals surface area contributed by atoms with Crippen LogP contribution in [-0.4, -0.2) is 30.1 Å². The van der Waals surface area contributed by atoms with Crippen LogP contribution >= 0.6 is 0 Å². The number of aromatic hydroxyl groups is 1. The number of nitrogens with zero attached hydrogens (tertiary/aromatic N) is 2. The number of hydroxylamine groups is 1. The van der Waals surface area contributed by atoms with Crippen LogP contribution in [0.25, 0.3) is 0 Å². The van der Waals surface area contributed by atoms with Gasteiger partial charge in [-0.25, -0.2) is 9.96 Å².